The molecule has 1 aromatic carbocycles. The maximum absolute atomic E-state index is 12.8. The van der Waals surface area contributed by atoms with Crippen molar-refractivity contribution in [3.05, 3.63) is 47.5 Å². The minimum atomic E-state index is 0.0942. The van der Waals surface area contributed by atoms with Gasteiger partial charge in [-0.1, -0.05) is 55.8 Å². The van der Waals surface area contributed by atoms with Gasteiger partial charge in [-0.05, 0) is 44.1 Å². The number of allylic oxidation sites excluding steroid dienone is 2. The van der Waals surface area contributed by atoms with Crippen molar-refractivity contribution in [2.24, 2.45) is 17.3 Å². The fourth-order valence-corrected chi connectivity index (χ4v) is 4.34. The second-order valence-electron chi connectivity index (χ2n) is 8.64. The van der Waals surface area contributed by atoms with Crippen LogP contribution < -0.4 is 5.32 Å². The number of hydrogen-bond acceptors (Lipinski definition) is 2. The summed E-state index contributed by atoms with van der Waals surface area (Å²) >= 11 is 0. The van der Waals surface area contributed by atoms with Crippen LogP contribution in [0, 0.1) is 17.3 Å². The van der Waals surface area contributed by atoms with E-state index >= 15 is 0 Å². The topological polar surface area (TPSA) is 32.3 Å². The van der Waals surface area contributed by atoms with Gasteiger partial charge in [0, 0.05) is 25.2 Å². The second kappa shape index (κ2) is 6.95. The highest BCUT2D eigenvalue weighted by atomic mass is 16.2. The van der Waals surface area contributed by atoms with E-state index in [1.54, 1.807) is 0 Å². The van der Waals surface area contributed by atoms with Crippen molar-refractivity contribution in [2.45, 2.75) is 53.1 Å². The zero-order valence-electron chi connectivity index (χ0n) is 16.3. The van der Waals surface area contributed by atoms with E-state index in [1.807, 2.05) is 0 Å². The van der Waals surface area contributed by atoms with Crippen LogP contribution in [0.5, 0.6) is 0 Å². The fourth-order valence-electron chi connectivity index (χ4n) is 4.34. The number of nitrogens with zero attached hydrogens (tertiary/aromatic N) is 1. The first-order chi connectivity index (χ1) is 11.8. The number of carbonyl (C=O) groups excluding carboxylic acids is 1. The Labute approximate surface area is 152 Å². The number of amides is 1. The van der Waals surface area contributed by atoms with Gasteiger partial charge in [0.2, 0.25) is 5.91 Å². The van der Waals surface area contributed by atoms with Gasteiger partial charge in [-0.2, -0.15) is 0 Å². The molecule has 1 aliphatic carbocycles. The van der Waals surface area contributed by atoms with E-state index < -0.39 is 0 Å². The van der Waals surface area contributed by atoms with Gasteiger partial charge in [-0.25, -0.2) is 0 Å². The van der Waals surface area contributed by atoms with E-state index in [9.17, 15) is 4.79 Å². The summed E-state index contributed by atoms with van der Waals surface area (Å²) < 4.78 is 0. The van der Waals surface area contributed by atoms with E-state index in [0.29, 0.717) is 12.0 Å². The summed E-state index contributed by atoms with van der Waals surface area (Å²) in [5.41, 5.74) is 2.75. The number of benzene rings is 1. The molecule has 0 radical (unpaired) electrons. The molecule has 1 saturated carbocycles. The van der Waals surface area contributed by atoms with Crippen LogP contribution >= 0.6 is 0 Å². The molecule has 1 aliphatic heterocycles. The molecule has 2 aliphatic rings. The molecule has 3 nitrogen and oxygen atoms in total. The molecule has 0 bridgehead atoms. The van der Waals surface area contributed by atoms with Gasteiger partial charge in [-0.15, -0.1) is 0 Å². The number of rotatable bonds is 5. The van der Waals surface area contributed by atoms with Crippen LogP contribution in [0.25, 0.3) is 0 Å². The molecule has 1 aromatic rings. The quantitative estimate of drug-likeness (QED) is 0.816. The smallest absolute Gasteiger partial charge is 0.224 e. The first-order valence-electron chi connectivity index (χ1n) is 9.55. The Balaban J connectivity index is 1.55. The van der Waals surface area contributed by atoms with E-state index in [2.05, 4.69) is 81.2 Å². The fraction of sp³-hybridized carbons (Fsp3) is 0.591. The Kier molecular flexibility index (Phi) is 5.06. The number of carbonyl (C=O) groups is 1. The highest BCUT2D eigenvalue weighted by Gasteiger charge is 2.60. The highest BCUT2D eigenvalue weighted by molar-refractivity contribution is 5.84. The van der Waals surface area contributed by atoms with Crippen molar-refractivity contribution in [2.75, 3.05) is 13.1 Å². The summed E-state index contributed by atoms with van der Waals surface area (Å²) in [4.78, 5) is 15.2. The molecule has 0 aromatic heterocycles. The molecule has 3 heteroatoms. The van der Waals surface area contributed by atoms with Crippen molar-refractivity contribution in [1.82, 2.24) is 10.2 Å². The second-order valence-corrected chi connectivity index (χ2v) is 8.64. The molecular formula is C22H32N2O. The van der Waals surface area contributed by atoms with Crippen LogP contribution in [0.4, 0.5) is 0 Å². The normalized spacial score (nSPS) is 29.1. The van der Waals surface area contributed by atoms with Crippen LogP contribution in [-0.4, -0.2) is 29.9 Å². The maximum Gasteiger partial charge on any atom is 0.224 e. The van der Waals surface area contributed by atoms with Gasteiger partial charge in [0.25, 0.3) is 0 Å². The molecule has 2 fully saturated rings. The minimum Gasteiger partial charge on any atom is -0.352 e. The van der Waals surface area contributed by atoms with Gasteiger partial charge < -0.3 is 5.32 Å². The maximum atomic E-state index is 12.8. The predicted molar refractivity (Wildman–Crippen MR) is 103 cm³/mol. The summed E-state index contributed by atoms with van der Waals surface area (Å²) in [6, 6.07) is 11.3. The molecule has 25 heavy (non-hydrogen) atoms. The van der Waals surface area contributed by atoms with Crippen LogP contribution in [0.2, 0.25) is 0 Å². The third-order valence-electron chi connectivity index (χ3n) is 6.10. The zero-order chi connectivity index (χ0) is 18.2. The summed E-state index contributed by atoms with van der Waals surface area (Å²) in [6.07, 6.45) is 3.31. The largest absolute Gasteiger partial charge is 0.352 e. The molecule has 1 saturated heterocycles. The van der Waals surface area contributed by atoms with Gasteiger partial charge in [0.1, 0.15) is 0 Å². The molecule has 3 rings (SSSR count). The molecule has 1 heterocycles. The first kappa shape index (κ1) is 18.2. The van der Waals surface area contributed by atoms with Crippen LogP contribution in [-0.2, 0) is 4.79 Å². The molecule has 0 unspecified atom stereocenters. The monoisotopic (exact) mass is 340 g/mol. The number of nitrogens with one attached hydrogen (secondary N) is 1. The minimum absolute atomic E-state index is 0.0942. The van der Waals surface area contributed by atoms with E-state index in [0.717, 1.165) is 19.5 Å². The molecule has 4 atom stereocenters. The van der Waals surface area contributed by atoms with E-state index in [4.69, 9.17) is 0 Å². The Morgan fingerprint density at radius 3 is 2.60 bits per heavy atom. The number of likely N-dealkylation sites (tertiary alicyclic amines) is 1. The Hall–Kier alpha value is -1.61. The van der Waals surface area contributed by atoms with Crippen LogP contribution in [0.3, 0.4) is 0 Å². The molecule has 1 N–H and O–H groups in total. The summed E-state index contributed by atoms with van der Waals surface area (Å²) in [7, 11) is 0. The number of hydrogen-bond donors (Lipinski definition) is 1. The third-order valence-corrected chi connectivity index (χ3v) is 6.10. The van der Waals surface area contributed by atoms with Crippen molar-refractivity contribution in [1.29, 1.82) is 0 Å². The Bertz CT molecular complexity index is 645. The first-order valence-corrected chi connectivity index (χ1v) is 9.55. The van der Waals surface area contributed by atoms with Gasteiger partial charge >= 0.3 is 0 Å². The van der Waals surface area contributed by atoms with Gasteiger partial charge in [0.05, 0.1) is 5.92 Å². The predicted octanol–water partition coefficient (Wildman–Crippen LogP) is 4.18. The Morgan fingerprint density at radius 2 is 1.96 bits per heavy atom. The van der Waals surface area contributed by atoms with Crippen LogP contribution in [0.15, 0.2) is 42.0 Å². The van der Waals surface area contributed by atoms with Crippen molar-refractivity contribution in [3.8, 4) is 0 Å². The lowest BCUT2D eigenvalue weighted by molar-refractivity contribution is -0.123. The molecule has 136 valence electrons. The standard InChI is InChI=1S/C22H32N2O/c1-15(2)13-19-20(22(19,4)5)21(25)23-18-11-12-24(14-18)16(3)17-9-7-6-8-10-17/h6-10,13,16,18-20H,11-12,14H2,1-5H3,(H,23,25)/t16-,18-,19+,20+/m0/s1. The average Bonchev–Trinajstić information content (AvgIpc) is 2.90. The molecule has 1 amide bonds. The lowest BCUT2D eigenvalue weighted by atomic mass is 10.1. The van der Waals surface area contributed by atoms with Crippen LogP contribution in [0.1, 0.15) is 52.6 Å². The van der Waals surface area contributed by atoms with Crippen molar-refractivity contribution in [3.63, 3.8) is 0 Å². The van der Waals surface area contributed by atoms with Gasteiger partial charge in [0.15, 0.2) is 0 Å². The van der Waals surface area contributed by atoms with Crippen molar-refractivity contribution < 1.29 is 4.79 Å². The highest BCUT2D eigenvalue weighted by Crippen LogP contribution is 2.59. The lowest BCUT2D eigenvalue weighted by Crippen LogP contribution is -2.39. The SMILES string of the molecule is CC(C)=C[C@@H]1[C@H](C(=O)N[C@H]2CCN([C@@H](C)c3ccccc3)C2)C1(C)C. The average molecular weight is 341 g/mol. The third kappa shape index (κ3) is 3.82. The van der Waals surface area contributed by atoms with E-state index in [1.165, 1.54) is 11.1 Å². The zero-order valence-corrected chi connectivity index (χ0v) is 16.3. The lowest BCUT2D eigenvalue weighted by Gasteiger charge is -2.25. The molecular weight excluding hydrogens is 308 g/mol. The summed E-state index contributed by atoms with van der Waals surface area (Å²) in [5.74, 6) is 0.757. The summed E-state index contributed by atoms with van der Waals surface area (Å²) in [5, 5.41) is 3.33. The van der Waals surface area contributed by atoms with Gasteiger partial charge in [-0.3, -0.25) is 9.69 Å². The van der Waals surface area contributed by atoms with E-state index in [-0.39, 0.29) is 23.3 Å². The van der Waals surface area contributed by atoms with Crippen molar-refractivity contribution >= 4 is 5.91 Å². The Morgan fingerprint density at radius 1 is 1.28 bits per heavy atom. The summed E-state index contributed by atoms with van der Waals surface area (Å²) in [6.45, 7) is 12.9. The molecule has 0 spiro atoms.